The maximum absolute atomic E-state index is 12.8. The number of aliphatic hydroxyl groups is 5. The maximum atomic E-state index is 12.8. The number of phosphoric acid groups is 1. The van der Waals surface area contributed by atoms with Crippen LogP contribution in [0.2, 0.25) is 0 Å². The second-order valence-electron chi connectivity index (χ2n) is 15.1. The van der Waals surface area contributed by atoms with Gasteiger partial charge in [0.15, 0.2) is 18.1 Å². The summed E-state index contributed by atoms with van der Waals surface area (Å²) in [5, 5.41) is 91.0. The second kappa shape index (κ2) is 20.6. The number of hydrogen-bond acceptors (Lipinski definition) is 23. The molecule has 3 aliphatic rings. The highest BCUT2D eigenvalue weighted by molar-refractivity contribution is 7.45. The number of carboxylic acids is 3. The number of carboxylic acid groups (broad SMARTS) is 3. The first kappa shape index (κ1) is 48.9. The molecule has 348 valence electrons. The van der Waals surface area contributed by atoms with Crippen LogP contribution in [-0.4, -0.2) is 157 Å². The van der Waals surface area contributed by atoms with E-state index in [1.807, 2.05) is 23.3 Å². The van der Waals surface area contributed by atoms with Gasteiger partial charge in [-0.25, -0.2) is 9.48 Å². The minimum absolute atomic E-state index is 0.0180. The van der Waals surface area contributed by atoms with Gasteiger partial charge in [0, 0.05) is 18.4 Å². The molecule has 2 aromatic rings. The fraction of sp³-hybridized carbons (Fsp3) is 0.583. The van der Waals surface area contributed by atoms with Gasteiger partial charge in [-0.3, -0.25) is 19.1 Å². The van der Waals surface area contributed by atoms with Gasteiger partial charge in [-0.1, -0.05) is 12.1 Å². The molecule has 3 aliphatic heterocycles. The Bertz CT molecular complexity index is 2130. The summed E-state index contributed by atoms with van der Waals surface area (Å²) in [6.07, 6.45) is -16.2. The predicted octanol–water partition coefficient (Wildman–Crippen LogP) is -7.63. The summed E-state index contributed by atoms with van der Waals surface area (Å²) in [6, 6.07) is 4.63. The number of rotatable bonds is 22. The van der Waals surface area contributed by atoms with Gasteiger partial charge in [0.25, 0.3) is 7.82 Å². The van der Waals surface area contributed by atoms with E-state index in [1.54, 1.807) is 35.9 Å². The van der Waals surface area contributed by atoms with Crippen LogP contribution in [0.15, 0.2) is 29.1 Å². The Kier molecular flexibility index (Phi) is 16.0. The van der Waals surface area contributed by atoms with Gasteiger partial charge in [-0.05, 0) is 57.2 Å². The summed E-state index contributed by atoms with van der Waals surface area (Å²) in [6.45, 7) is 2.10. The fourth-order valence-electron chi connectivity index (χ4n) is 7.32. The highest BCUT2D eigenvalue weighted by Gasteiger charge is 2.49. The number of nitrogens with one attached hydrogen (secondary N) is 3. The molecule has 2 unspecified atom stereocenters. The van der Waals surface area contributed by atoms with E-state index in [9.17, 15) is 74.3 Å². The standard InChI is InChI=1S/C36H50N7O19P/c1-15-26-16(2)42(14-43(26)27-31(38-15)40-36(37)41-33(27)54)18-5-3-17(4-6-18)11-20(44)28(50)21(45)12-59-35-30(52)29(51)23(61-35)13-60-63(57,58)62-22(8-10-25(48)49)32(53)39-19(34(55)56)7-9-24(46)47/h3-6,14-16,19-23,26,28-30,35,44-45,50-52H,7-13H2,1-2H3,(H8-,37,38,39,40,41,46,47,48,49,53,54,55,56,57,58)/p-3/t15-,16?,19-,20-,21+,22-,23+,26+,28-,29+,30+,35-/m0/s1. The Hall–Kier alpha value is -5.12. The van der Waals surface area contributed by atoms with Crippen LogP contribution >= 0.6 is 7.82 Å². The molecule has 0 saturated carbocycles. The number of amides is 1. The Labute approximate surface area is 357 Å². The number of nitrogens with two attached hydrogens (primary N) is 1. The highest BCUT2D eigenvalue weighted by atomic mass is 31.2. The molecule has 0 spiro atoms. The number of fused-ring (bicyclic) bond motifs is 3. The SMILES string of the molecule is CC1[C@H]2[C@H](C)Nc3nc(N)[nH]c(=O)c3[N+]2=CN1c1ccc(C[C@H](O)[C@H](O)[C@H](O)CO[C@H]2O[C@H](COP(=O)([O-])O[C@@H](CCC(=O)[O-])C(=O)N[C@@H](CCC(=O)[O-])C(=O)[O-])[C@@H](O)[C@H]2O)cc1. The predicted molar refractivity (Wildman–Crippen MR) is 203 cm³/mol. The van der Waals surface area contributed by atoms with Crippen LogP contribution in [0.3, 0.4) is 0 Å². The van der Waals surface area contributed by atoms with E-state index in [0.29, 0.717) is 17.1 Å². The van der Waals surface area contributed by atoms with Crippen LogP contribution in [0.5, 0.6) is 0 Å². The van der Waals surface area contributed by atoms with Crippen molar-refractivity contribution in [2.75, 3.05) is 29.2 Å². The molecule has 1 amide bonds. The van der Waals surface area contributed by atoms with Crippen LogP contribution in [0.1, 0.15) is 45.1 Å². The number of aromatic amines is 1. The first-order chi connectivity index (χ1) is 29.6. The number of ether oxygens (including phenoxy) is 2. The van der Waals surface area contributed by atoms with Crippen molar-refractivity contribution in [3.05, 3.63) is 40.2 Å². The molecule has 5 rings (SSSR count). The number of aromatic nitrogens is 2. The topological polar surface area (TPSA) is 418 Å². The van der Waals surface area contributed by atoms with Gasteiger partial charge in [0.1, 0.15) is 48.4 Å². The van der Waals surface area contributed by atoms with Crippen LogP contribution in [0.4, 0.5) is 23.1 Å². The average molecular weight is 913 g/mol. The van der Waals surface area contributed by atoms with Crippen molar-refractivity contribution in [3.63, 3.8) is 0 Å². The molecule has 1 fully saturated rings. The number of aliphatic hydroxyl groups excluding tert-OH is 5. The molecule has 0 bridgehead atoms. The molecule has 26 nitrogen and oxygen atoms in total. The number of benzene rings is 1. The van der Waals surface area contributed by atoms with E-state index in [-0.39, 0.29) is 30.5 Å². The van der Waals surface area contributed by atoms with Crippen LogP contribution < -0.4 is 47.0 Å². The van der Waals surface area contributed by atoms with Crippen molar-refractivity contribution in [2.24, 2.45) is 0 Å². The quantitative estimate of drug-likeness (QED) is 0.0391. The van der Waals surface area contributed by atoms with Gasteiger partial charge in [-0.15, -0.1) is 0 Å². The second-order valence-corrected chi connectivity index (χ2v) is 16.5. The van der Waals surface area contributed by atoms with E-state index in [0.717, 1.165) is 5.69 Å². The smallest absolute Gasteiger partial charge is 0.301 e. The highest BCUT2D eigenvalue weighted by Crippen LogP contribution is 2.42. The summed E-state index contributed by atoms with van der Waals surface area (Å²) < 4.78 is 34.4. The van der Waals surface area contributed by atoms with E-state index in [4.69, 9.17) is 15.2 Å². The number of hydrogen-bond donors (Lipinski definition) is 9. The molecule has 10 N–H and O–H groups in total. The van der Waals surface area contributed by atoms with Crippen LogP contribution in [-0.2, 0) is 48.7 Å². The van der Waals surface area contributed by atoms with Gasteiger partial charge in [0.05, 0.1) is 37.4 Å². The third-order valence-corrected chi connectivity index (χ3v) is 11.5. The Morgan fingerprint density at radius 2 is 1.68 bits per heavy atom. The van der Waals surface area contributed by atoms with Gasteiger partial charge < -0.3 is 95.0 Å². The molecule has 1 saturated heterocycles. The summed E-state index contributed by atoms with van der Waals surface area (Å²) in [4.78, 5) is 79.8. The maximum Gasteiger partial charge on any atom is 0.301 e. The lowest BCUT2D eigenvalue weighted by Gasteiger charge is -2.30. The molecule has 0 radical (unpaired) electrons. The van der Waals surface area contributed by atoms with Crippen LogP contribution in [0, 0.1) is 0 Å². The Balaban J connectivity index is 1.11. The largest absolute Gasteiger partial charge is 0.756 e. The lowest BCUT2D eigenvalue weighted by molar-refractivity contribution is -0.479. The van der Waals surface area contributed by atoms with Crippen molar-refractivity contribution in [1.82, 2.24) is 15.3 Å². The molecule has 27 heteroatoms. The number of nitrogen functional groups attached to an aromatic ring is 1. The van der Waals surface area contributed by atoms with Gasteiger partial charge in [-0.2, -0.15) is 4.98 Å². The zero-order chi connectivity index (χ0) is 46.5. The number of carbonyl (C=O) groups is 4. The normalized spacial score (nSPS) is 26.2. The summed E-state index contributed by atoms with van der Waals surface area (Å²) >= 11 is 0. The molecule has 1 aromatic carbocycles. The molecule has 63 heavy (non-hydrogen) atoms. The number of aliphatic carboxylic acids is 3. The average Bonchev–Trinajstić information content (AvgIpc) is 3.69. The van der Waals surface area contributed by atoms with Crippen molar-refractivity contribution in [2.45, 2.75) is 119 Å². The summed E-state index contributed by atoms with van der Waals surface area (Å²) in [5.41, 5.74) is 6.98. The van der Waals surface area contributed by atoms with Crippen molar-refractivity contribution in [3.8, 4) is 0 Å². The van der Waals surface area contributed by atoms with Crippen molar-refractivity contribution >= 4 is 61.1 Å². The molecular formula is C36H47N7O19P-3. The third kappa shape index (κ3) is 12.1. The molecule has 0 aliphatic carbocycles. The Morgan fingerprint density at radius 3 is 2.32 bits per heavy atom. The van der Waals surface area contributed by atoms with E-state index in [2.05, 4.69) is 24.3 Å². The van der Waals surface area contributed by atoms with Crippen molar-refractivity contribution < 1.29 is 92.6 Å². The van der Waals surface area contributed by atoms with Gasteiger partial charge in [0.2, 0.25) is 23.9 Å². The lowest BCUT2D eigenvalue weighted by atomic mass is 9.98. The van der Waals surface area contributed by atoms with Crippen LogP contribution in [0.25, 0.3) is 0 Å². The molecule has 4 heterocycles. The zero-order valence-corrected chi connectivity index (χ0v) is 34.5. The number of phosphoric ester groups is 1. The number of carbonyl (C=O) groups excluding carboxylic acids is 4. The minimum Gasteiger partial charge on any atom is -0.756 e. The van der Waals surface area contributed by atoms with E-state index in [1.165, 1.54) is 0 Å². The minimum atomic E-state index is -5.63. The Morgan fingerprint density at radius 1 is 1.03 bits per heavy atom. The zero-order valence-electron chi connectivity index (χ0n) is 33.6. The summed E-state index contributed by atoms with van der Waals surface area (Å²) in [5.74, 6) is -6.54. The van der Waals surface area contributed by atoms with Gasteiger partial charge >= 0.3 is 5.56 Å². The first-order valence-electron chi connectivity index (χ1n) is 19.5. The number of anilines is 3. The lowest BCUT2D eigenvalue weighted by Crippen LogP contribution is -2.51. The third-order valence-electron chi connectivity index (χ3n) is 10.6. The first-order valence-corrected chi connectivity index (χ1v) is 20.9. The molecule has 13 atom stereocenters. The van der Waals surface area contributed by atoms with Crippen molar-refractivity contribution in [1.29, 1.82) is 0 Å². The number of H-pyrrole nitrogens is 1. The fourth-order valence-corrected chi connectivity index (χ4v) is 8.22. The molecule has 1 aromatic heterocycles. The van der Waals surface area contributed by atoms with E-state index < -0.39 is 131 Å². The summed E-state index contributed by atoms with van der Waals surface area (Å²) in [7, 11) is -5.63. The molecular weight excluding hydrogens is 865 g/mol. The monoisotopic (exact) mass is 912 g/mol. The number of nitrogens with zero attached hydrogens (tertiary/aromatic N) is 3. The van der Waals surface area contributed by atoms with E-state index >= 15 is 0 Å².